The van der Waals surface area contributed by atoms with E-state index in [9.17, 15) is 5.26 Å². The quantitative estimate of drug-likeness (QED) is 0.730. The number of hydrogen-bond acceptors (Lipinski definition) is 5. The fraction of sp³-hybridized carbons (Fsp3) is 0.143. The number of halogens is 1. The third-order valence-electron chi connectivity index (χ3n) is 2.88. The average molecular weight is 344 g/mol. The molecule has 3 aromatic heterocycles. The highest BCUT2D eigenvalue weighted by Crippen LogP contribution is 2.28. The van der Waals surface area contributed by atoms with Crippen LogP contribution in [-0.2, 0) is 0 Å². The molecule has 0 N–H and O–H groups in total. The minimum atomic E-state index is 0.472. The Morgan fingerprint density at radius 2 is 2.10 bits per heavy atom. The van der Waals surface area contributed by atoms with Gasteiger partial charge in [0.25, 0.3) is 0 Å². The molecular weight excluding hydrogens is 334 g/mol. The van der Waals surface area contributed by atoms with E-state index in [1.807, 2.05) is 13.0 Å². The number of rotatable bonds is 3. The fourth-order valence-electron chi connectivity index (χ4n) is 2.05. The second-order valence-electron chi connectivity index (χ2n) is 4.21. The van der Waals surface area contributed by atoms with Crippen LogP contribution in [0.1, 0.15) is 12.5 Å². The van der Waals surface area contributed by atoms with Gasteiger partial charge in [0.2, 0.25) is 0 Å². The smallest absolute Gasteiger partial charge is 0.161 e. The summed E-state index contributed by atoms with van der Waals surface area (Å²) in [7, 11) is 0. The van der Waals surface area contributed by atoms with Gasteiger partial charge in [-0.2, -0.15) is 10.4 Å². The van der Waals surface area contributed by atoms with Crippen LogP contribution in [0.25, 0.3) is 16.9 Å². The Morgan fingerprint density at radius 1 is 1.33 bits per heavy atom. The Hall–Kier alpha value is -2.46. The predicted molar refractivity (Wildman–Crippen MR) is 79.8 cm³/mol. The average Bonchev–Trinajstić information content (AvgIpc) is 2.91. The second-order valence-corrected chi connectivity index (χ2v) is 5.13. The minimum absolute atomic E-state index is 0.472. The van der Waals surface area contributed by atoms with E-state index in [0.717, 1.165) is 4.47 Å². The van der Waals surface area contributed by atoms with Gasteiger partial charge in [-0.3, -0.25) is 0 Å². The topological polar surface area (TPSA) is 76.1 Å². The van der Waals surface area contributed by atoms with Crippen molar-refractivity contribution >= 4 is 21.4 Å². The van der Waals surface area contributed by atoms with Crippen LogP contribution in [0.5, 0.6) is 5.75 Å². The number of aromatic nitrogens is 4. The highest BCUT2D eigenvalue weighted by molar-refractivity contribution is 9.10. The Bertz CT molecular complexity index is 835. The Labute approximate surface area is 129 Å². The normalized spacial score (nSPS) is 10.5. The van der Waals surface area contributed by atoms with Crippen LogP contribution in [0.4, 0.5) is 0 Å². The van der Waals surface area contributed by atoms with Gasteiger partial charge in [0, 0.05) is 12.4 Å². The number of pyridine rings is 1. The first-order valence-corrected chi connectivity index (χ1v) is 7.04. The molecule has 3 heterocycles. The second kappa shape index (κ2) is 5.50. The molecule has 3 aromatic rings. The van der Waals surface area contributed by atoms with Gasteiger partial charge >= 0.3 is 0 Å². The van der Waals surface area contributed by atoms with Crippen molar-refractivity contribution in [1.82, 2.24) is 19.6 Å². The highest BCUT2D eigenvalue weighted by atomic mass is 79.9. The lowest BCUT2D eigenvalue weighted by molar-refractivity contribution is 0.338. The molecule has 0 aliphatic carbocycles. The molecule has 0 aliphatic rings. The molecule has 0 saturated heterocycles. The van der Waals surface area contributed by atoms with Crippen molar-refractivity contribution in [2.75, 3.05) is 6.61 Å². The zero-order valence-electron chi connectivity index (χ0n) is 11.1. The van der Waals surface area contributed by atoms with Crippen molar-refractivity contribution in [3.63, 3.8) is 0 Å². The van der Waals surface area contributed by atoms with E-state index in [-0.39, 0.29) is 0 Å². The molecule has 0 radical (unpaired) electrons. The molecule has 0 aliphatic heterocycles. The Kier molecular flexibility index (Phi) is 3.54. The van der Waals surface area contributed by atoms with Gasteiger partial charge in [0.15, 0.2) is 5.82 Å². The lowest BCUT2D eigenvalue weighted by atomic mass is 10.1. The molecule has 21 heavy (non-hydrogen) atoms. The fourth-order valence-corrected chi connectivity index (χ4v) is 2.25. The molecule has 3 rings (SSSR count). The van der Waals surface area contributed by atoms with Gasteiger partial charge in [0.05, 0.1) is 40.1 Å². The van der Waals surface area contributed by atoms with Crippen LogP contribution < -0.4 is 4.74 Å². The van der Waals surface area contributed by atoms with Gasteiger partial charge in [-0.25, -0.2) is 14.5 Å². The predicted octanol–water partition coefficient (Wildman–Crippen LogP) is 2.82. The van der Waals surface area contributed by atoms with E-state index in [1.54, 1.807) is 23.1 Å². The largest absolute Gasteiger partial charge is 0.492 e. The summed E-state index contributed by atoms with van der Waals surface area (Å²) in [6.45, 7) is 2.45. The Balaban J connectivity index is 2.29. The molecule has 0 bridgehead atoms. The van der Waals surface area contributed by atoms with E-state index in [4.69, 9.17) is 4.74 Å². The summed E-state index contributed by atoms with van der Waals surface area (Å²) in [5.41, 5.74) is 1.85. The van der Waals surface area contributed by atoms with E-state index in [0.29, 0.717) is 34.8 Å². The van der Waals surface area contributed by atoms with Crippen LogP contribution in [-0.4, -0.2) is 26.2 Å². The van der Waals surface area contributed by atoms with Crippen LogP contribution in [0.3, 0.4) is 0 Å². The van der Waals surface area contributed by atoms with Crippen LogP contribution >= 0.6 is 15.9 Å². The zero-order valence-corrected chi connectivity index (χ0v) is 12.7. The van der Waals surface area contributed by atoms with Crippen molar-refractivity contribution in [2.24, 2.45) is 0 Å². The summed E-state index contributed by atoms with van der Waals surface area (Å²) in [5, 5.41) is 13.4. The molecule has 0 atom stereocenters. The molecule has 0 saturated carbocycles. The molecular formula is C14H10BrN5O. The SMILES string of the molecule is CCOc1cc(-c2ncc(Br)cn2)c2c(C#N)cnn2c1. The third kappa shape index (κ3) is 2.45. The lowest BCUT2D eigenvalue weighted by Gasteiger charge is -2.08. The molecule has 0 aromatic carbocycles. The molecule has 0 fully saturated rings. The third-order valence-corrected chi connectivity index (χ3v) is 3.29. The zero-order chi connectivity index (χ0) is 14.8. The van der Waals surface area contributed by atoms with Gasteiger partial charge in [0.1, 0.15) is 11.8 Å². The molecule has 0 unspecified atom stereocenters. The van der Waals surface area contributed by atoms with Crippen molar-refractivity contribution in [3.8, 4) is 23.2 Å². The number of nitrogens with zero attached hydrogens (tertiary/aromatic N) is 5. The standard InChI is InChI=1S/C14H10BrN5O/c1-2-21-11-3-12(14-17-6-10(15)7-18-14)13-9(4-16)5-19-20(13)8-11/h3,5-8H,2H2,1H3. The summed E-state index contributed by atoms with van der Waals surface area (Å²) in [6.07, 6.45) is 6.58. The van der Waals surface area contributed by atoms with E-state index in [1.165, 1.54) is 6.20 Å². The van der Waals surface area contributed by atoms with Gasteiger partial charge in [-0.1, -0.05) is 0 Å². The molecule has 7 heteroatoms. The van der Waals surface area contributed by atoms with Crippen molar-refractivity contribution in [1.29, 1.82) is 5.26 Å². The maximum atomic E-state index is 9.23. The first-order valence-electron chi connectivity index (χ1n) is 6.25. The summed E-state index contributed by atoms with van der Waals surface area (Å²) >= 11 is 3.31. The molecule has 6 nitrogen and oxygen atoms in total. The summed E-state index contributed by atoms with van der Waals surface area (Å²) in [4.78, 5) is 8.58. The van der Waals surface area contributed by atoms with Crippen molar-refractivity contribution in [3.05, 3.63) is 40.9 Å². The number of hydrogen-bond donors (Lipinski definition) is 0. The van der Waals surface area contributed by atoms with Gasteiger partial charge in [-0.05, 0) is 28.9 Å². The monoisotopic (exact) mass is 343 g/mol. The Morgan fingerprint density at radius 3 is 2.76 bits per heavy atom. The first kappa shape index (κ1) is 13.5. The summed E-state index contributed by atoms with van der Waals surface area (Å²) in [5.74, 6) is 1.17. The van der Waals surface area contributed by atoms with Crippen molar-refractivity contribution in [2.45, 2.75) is 6.92 Å². The van der Waals surface area contributed by atoms with E-state index >= 15 is 0 Å². The van der Waals surface area contributed by atoms with E-state index < -0.39 is 0 Å². The van der Waals surface area contributed by atoms with Gasteiger partial charge in [-0.15, -0.1) is 0 Å². The first-order chi connectivity index (χ1) is 10.2. The number of ether oxygens (including phenoxy) is 1. The van der Waals surface area contributed by atoms with Crippen LogP contribution in [0.15, 0.2) is 35.3 Å². The van der Waals surface area contributed by atoms with Gasteiger partial charge < -0.3 is 4.74 Å². The summed E-state index contributed by atoms with van der Waals surface area (Å²) in [6, 6.07) is 3.96. The maximum Gasteiger partial charge on any atom is 0.161 e. The lowest BCUT2D eigenvalue weighted by Crippen LogP contribution is -1.99. The van der Waals surface area contributed by atoms with Crippen molar-refractivity contribution < 1.29 is 4.74 Å². The number of fused-ring (bicyclic) bond motifs is 1. The van der Waals surface area contributed by atoms with E-state index in [2.05, 4.69) is 37.1 Å². The van der Waals surface area contributed by atoms with Crippen LogP contribution in [0.2, 0.25) is 0 Å². The van der Waals surface area contributed by atoms with Crippen LogP contribution in [0, 0.1) is 11.3 Å². The highest BCUT2D eigenvalue weighted by Gasteiger charge is 2.15. The summed E-state index contributed by atoms with van der Waals surface area (Å²) < 4.78 is 7.94. The molecule has 0 amide bonds. The molecule has 104 valence electrons. The maximum absolute atomic E-state index is 9.23. The number of nitriles is 1. The molecule has 0 spiro atoms. The minimum Gasteiger partial charge on any atom is -0.492 e.